The van der Waals surface area contributed by atoms with Gasteiger partial charge in [-0.05, 0) is 13.8 Å². The van der Waals surface area contributed by atoms with Gasteiger partial charge in [-0.1, -0.05) is 0 Å². The Bertz CT molecular complexity index is 366. The van der Waals surface area contributed by atoms with E-state index in [0.717, 1.165) is 0 Å². The lowest BCUT2D eigenvalue weighted by atomic mass is 10.3. The third kappa shape index (κ3) is 3.44. The van der Waals surface area contributed by atoms with E-state index >= 15 is 0 Å². The first-order valence-electron chi connectivity index (χ1n) is 4.43. The second kappa shape index (κ2) is 4.42. The van der Waals surface area contributed by atoms with Crippen LogP contribution in [0.4, 0.5) is 23.7 Å². The molecule has 0 fully saturated rings. The van der Waals surface area contributed by atoms with Crippen molar-refractivity contribution in [1.82, 2.24) is 15.5 Å². The molecule has 5 nitrogen and oxygen atoms in total. The third-order valence-corrected chi connectivity index (χ3v) is 1.82. The molecular weight excluding hydrogens is 225 g/mol. The quantitative estimate of drug-likeness (QED) is 0.731. The molecule has 2 amide bonds. The number of alkyl halides is 3. The first kappa shape index (κ1) is 12.3. The first-order chi connectivity index (χ1) is 7.29. The summed E-state index contributed by atoms with van der Waals surface area (Å²) in [6.07, 6.45) is -4.42. The minimum atomic E-state index is -4.42. The molecule has 0 aromatic carbocycles. The van der Waals surface area contributed by atoms with Gasteiger partial charge in [-0.15, -0.1) is 0 Å². The molecule has 0 saturated heterocycles. The largest absolute Gasteiger partial charge is 0.405 e. The molecule has 1 aromatic heterocycles. The highest BCUT2D eigenvalue weighted by Crippen LogP contribution is 2.16. The topological polar surface area (TPSA) is 69.8 Å². The summed E-state index contributed by atoms with van der Waals surface area (Å²) in [5.74, 6) is 0. The van der Waals surface area contributed by atoms with E-state index in [4.69, 9.17) is 0 Å². The highest BCUT2D eigenvalue weighted by atomic mass is 19.4. The second-order valence-corrected chi connectivity index (χ2v) is 3.23. The van der Waals surface area contributed by atoms with Crippen LogP contribution >= 0.6 is 0 Å². The van der Waals surface area contributed by atoms with Crippen molar-refractivity contribution in [3.8, 4) is 0 Å². The summed E-state index contributed by atoms with van der Waals surface area (Å²) in [5.41, 5.74) is 1.49. The molecule has 0 bridgehead atoms. The average molecular weight is 236 g/mol. The highest BCUT2D eigenvalue weighted by Gasteiger charge is 2.27. The van der Waals surface area contributed by atoms with Gasteiger partial charge >= 0.3 is 12.2 Å². The lowest BCUT2D eigenvalue weighted by molar-refractivity contribution is -0.122. The van der Waals surface area contributed by atoms with E-state index in [2.05, 4.69) is 15.5 Å². The molecule has 90 valence electrons. The van der Waals surface area contributed by atoms with Gasteiger partial charge in [0.1, 0.15) is 6.54 Å². The van der Waals surface area contributed by atoms with E-state index in [-0.39, 0.29) is 0 Å². The lowest BCUT2D eigenvalue weighted by Crippen LogP contribution is -2.36. The fourth-order valence-electron chi connectivity index (χ4n) is 1.07. The number of anilines is 1. The third-order valence-electron chi connectivity index (χ3n) is 1.82. The molecule has 0 radical (unpaired) electrons. The summed E-state index contributed by atoms with van der Waals surface area (Å²) in [5, 5.41) is 10.4. The van der Waals surface area contributed by atoms with E-state index < -0.39 is 18.8 Å². The second-order valence-electron chi connectivity index (χ2n) is 3.23. The Hall–Kier alpha value is -1.73. The van der Waals surface area contributed by atoms with Gasteiger partial charge < -0.3 is 10.6 Å². The number of rotatable bonds is 2. The molecule has 3 N–H and O–H groups in total. The summed E-state index contributed by atoms with van der Waals surface area (Å²) in [7, 11) is 0. The van der Waals surface area contributed by atoms with Crippen molar-refractivity contribution in [3.63, 3.8) is 0 Å². The van der Waals surface area contributed by atoms with E-state index in [0.29, 0.717) is 17.1 Å². The molecule has 0 aliphatic carbocycles. The normalized spacial score (nSPS) is 11.3. The predicted molar refractivity (Wildman–Crippen MR) is 51.1 cm³/mol. The van der Waals surface area contributed by atoms with Gasteiger partial charge in [0.05, 0.1) is 17.1 Å². The molecule has 0 saturated carbocycles. The SMILES string of the molecule is Cc1n[nH]c(C)c1NC(=O)NCC(F)(F)F. The fraction of sp³-hybridized carbons (Fsp3) is 0.500. The Labute approximate surface area is 89.4 Å². The molecule has 0 atom stereocenters. The maximum absolute atomic E-state index is 11.8. The maximum Gasteiger partial charge on any atom is 0.405 e. The molecule has 0 aliphatic heterocycles. The molecule has 1 heterocycles. The van der Waals surface area contributed by atoms with Crippen molar-refractivity contribution in [2.75, 3.05) is 11.9 Å². The predicted octanol–water partition coefficient (Wildman–Crippen LogP) is 1.71. The van der Waals surface area contributed by atoms with Crippen LogP contribution in [0, 0.1) is 13.8 Å². The molecule has 1 rings (SSSR count). The molecule has 0 unspecified atom stereocenters. The van der Waals surface area contributed by atoms with Gasteiger partial charge in [-0.2, -0.15) is 18.3 Å². The van der Waals surface area contributed by atoms with Crippen LogP contribution in [0.2, 0.25) is 0 Å². The maximum atomic E-state index is 11.8. The molecule has 0 spiro atoms. The summed E-state index contributed by atoms with van der Waals surface area (Å²) in [6.45, 7) is 1.91. The fourth-order valence-corrected chi connectivity index (χ4v) is 1.07. The zero-order valence-electron chi connectivity index (χ0n) is 8.70. The van der Waals surface area contributed by atoms with Crippen molar-refractivity contribution >= 4 is 11.7 Å². The summed E-state index contributed by atoms with van der Waals surface area (Å²) in [6, 6.07) is -0.912. The van der Waals surface area contributed by atoms with Gasteiger partial charge in [0.15, 0.2) is 0 Å². The summed E-state index contributed by atoms with van der Waals surface area (Å²) < 4.78 is 35.4. The summed E-state index contributed by atoms with van der Waals surface area (Å²) >= 11 is 0. The zero-order chi connectivity index (χ0) is 12.3. The molecule has 1 aromatic rings. The monoisotopic (exact) mass is 236 g/mol. The number of hydrogen-bond donors (Lipinski definition) is 3. The van der Waals surface area contributed by atoms with Gasteiger partial charge in [0.2, 0.25) is 0 Å². The van der Waals surface area contributed by atoms with E-state index in [1.54, 1.807) is 19.2 Å². The number of hydrogen-bond acceptors (Lipinski definition) is 2. The van der Waals surface area contributed by atoms with Gasteiger partial charge in [-0.3, -0.25) is 5.10 Å². The van der Waals surface area contributed by atoms with Crippen molar-refractivity contribution in [3.05, 3.63) is 11.4 Å². The van der Waals surface area contributed by atoms with Crippen LogP contribution in [-0.2, 0) is 0 Å². The number of nitrogens with zero attached hydrogens (tertiary/aromatic N) is 1. The standard InChI is InChI=1S/C8H11F3N4O/c1-4-6(5(2)15-14-4)13-7(16)12-3-8(9,10)11/h3H2,1-2H3,(H,14,15)(H2,12,13,16). The Morgan fingerprint density at radius 3 is 2.50 bits per heavy atom. The van der Waals surface area contributed by atoms with Crippen molar-refractivity contribution in [2.45, 2.75) is 20.0 Å². The Morgan fingerprint density at radius 1 is 1.44 bits per heavy atom. The van der Waals surface area contributed by atoms with Crippen molar-refractivity contribution < 1.29 is 18.0 Å². The van der Waals surface area contributed by atoms with Crippen molar-refractivity contribution in [2.24, 2.45) is 0 Å². The summed E-state index contributed by atoms with van der Waals surface area (Å²) in [4.78, 5) is 11.1. The van der Waals surface area contributed by atoms with Crippen molar-refractivity contribution in [1.29, 1.82) is 0 Å². The minimum absolute atomic E-state index is 0.389. The van der Waals surface area contributed by atoms with Crippen LogP contribution in [0.25, 0.3) is 0 Å². The number of halogens is 3. The number of carbonyl (C=O) groups is 1. The number of aromatic nitrogens is 2. The molecular formula is C8H11F3N4O. The Morgan fingerprint density at radius 2 is 2.06 bits per heavy atom. The zero-order valence-corrected chi connectivity index (χ0v) is 8.70. The number of amides is 2. The highest BCUT2D eigenvalue weighted by molar-refractivity contribution is 5.90. The van der Waals surface area contributed by atoms with Crippen LogP contribution in [0.5, 0.6) is 0 Å². The van der Waals surface area contributed by atoms with E-state index in [9.17, 15) is 18.0 Å². The number of carbonyl (C=O) groups excluding carboxylic acids is 1. The van der Waals surface area contributed by atoms with Crippen LogP contribution in [-0.4, -0.2) is 28.9 Å². The minimum Gasteiger partial charge on any atom is -0.329 e. The first-order valence-corrected chi connectivity index (χ1v) is 4.43. The van der Waals surface area contributed by atoms with Gasteiger partial charge in [0, 0.05) is 0 Å². The average Bonchev–Trinajstić information content (AvgIpc) is 2.45. The molecule has 0 aliphatic rings. The number of urea groups is 1. The van der Waals surface area contributed by atoms with Gasteiger partial charge in [0.25, 0.3) is 0 Å². The number of H-pyrrole nitrogens is 1. The van der Waals surface area contributed by atoms with E-state index in [1.165, 1.54) is 0 Å². The molecule has 8 heteroatoms. The van der Waals surface area contributed by atoms with Crippen LogP contribution in [0.3, 0.4) is 0 Å². The lowest BCUT2D eigenvalue weighted by Gasteiger charge is -2.09. The number of nitrogens with one attached hydrogen (secondary N) is 3. The van der Waals surface area contributed by atoms with E-state index in [1.807, 2.05) is 0 Å². The number of aryl methyl sites for hydroxylation is 2. The van der Waals surface area contributed by atoms with Crippen LogP contribution in [0.1, 0.15) is 11.4 Å². The molecule has 16 heavy (non-hydrogen) atoms. The van der Waals surface area contributed by atoms with Crippen LogP contribution < -0.4 is 10.6 Å². The number of aromatic amines is 1. The Kier molecular flexibility index (Phi) is 3.41. The van der Waals surface area contributed by atoms with Gasteiger partial charge in [-0.25, -0.2) is 4.79 Å². The van der Waals surface area contributed by atoms with Crippen LogP contribution in [0.15, 0.2) is 0 Å². The smallest absolute Gasteiger partial charge is 0.329 e. The Balaban J connectivity index is 2.53.